The van der Waals surface area contributed by atoms with Crippen molar-refractivity contribution in [3.05, 3.63) is 29.3 Å². The van der Waals surface area contributed by atoms with Gasteiger partial charge in [-0.25, -0.2) is 8.78 Å². The maximum atomic E-state index is 14.0. The number of methoxy groups -OCH3 is 1. The Balaban J connectivity index is 1.63. The molecule has 1 spiro atoms. The van der Waals surface area contributed by atoms with Gasteiger partial charge in [0.15, 0.2) is 0 Å². The lowest BCUT2D eigenvalue weighted by atomic mass is 9.72. The zero-order valence-electron chi connectivity index (χ0n) is 13.0. The Bertz CT molecular complexity index is 496. The molecule has 2 saturated heterocycles. The summed E-state index contributed by atoms with van der Waals surface area (Å²) in [7, 11) is 1.41. The van der Waals surface area contributed by atoms with Crippen LogP contribution in [0, 0.1) is 17.0 Å². The molecule has 0 radical (unpaired) electrons. The number of piperidine rings is 1. The first-order valence-electron chi connectivity index (χ1n) is 7.94. The number of ether oxygens (including phenoxy) is 2. The second kappa shape index (κ2) is 6.50. The minimum Gasteiger partial charge on any atom is -0.497 e. The monoisotopic (exact) mass is 311 g/mol. The van der Waals surface area contributed by atoms with Crippen LogP contribution >= 0.6 is 0 Å². The highest BCUT2D eigenvalue weighted by atomic mass is 19.1. The average molecular weight is 311 g/mol. The van der Waals surface area contributed by atoms with E-state index in [2.05, 4.69) is 4.90 Å². The highest BCUT2D eigenvalue weighted by Crippen LogP contribution is 2.41. The molecule has 5 heteroatoms. The molecule has 3 rings (SSSR count). The third-order valence-corrected chi connectivity index (χ3v) is 5.20. The Labute approximate surface area is 130 Å². The van der Waals surface area contributed by atoms with Gasteiger partial charge in [-0.1, -0.05) is 0 Å². The maximum Gasteiger partial charge on any atom is 0.134 e. The van der Waals surface area contributed by atoms with Crippen molar-refractivity contribution in [3.8, 4) is 5.75 Å². The van der Waals surface area contributed by atoms with Gasteiger partial charge < -0.3 is 9.47 Å². The maximum absolute atomic E-state index is 14.0. The molecule has 0 bridgehead atoms. The van der Waals surface area contributed by atoms with E-state index in [0.29, 0.717) is 12.0 Å². The second-order valence-corrected chi connectivity index (χ2v) is 6.46. The van der Waals surface area contributed by atoms with Crippen molar-refractivity contribution in [2.24, 2.45) is 5.41 Å². The standard InChI is InChI=1S/C17H23F2NO2/c1-21-13-10-15(18)14(16(19)11-13)12-20-6-2-17(3-7-20)4-8-22-9-5-17/h10-11H,2-9,12H2,1H3. The van der Waals surface area contributed by atoms with E-state index in [1.807, 2.05) is 0 Å². The van der Waals surface area contributed by atoms with Crippen molar-refractivity contribution in [3.63, 3.8) is 0 Å². The molecule has 122 valence electrons. The van der Waals surface area contributed by atoms with Crippen LogP contribution in [0.4, 0.5) is 8.78 Å². The van der Waals surface area contributed by atoms with E-state index >= 15 is 0 Å². The summed E-state index contributed by atoms with van der Waals surface area (Å²) >= 11 is 0. The van der Waals surface area contributed by atoms with E-state index in [1.54, 1.807) is 0 Å². The van der Waals surface area contributed by atoms with Gasteiger partial charge in [0.1, 0.15) is 17.4 Å². The fourth-order valence-electron chi connectivity index (χ4n) is 3.56. The van der Waals surface area contributed by atoms with Gasteiger partial charge in [0.25, 0.3) is 0 Å². The highest BCUT2D eigenvalue weighted by Gasteiger charge is 2.36. The van der Waals surface area contributed by atoms with Gasteiger partial charge in [0.05, 0.1) is 7.11 Å². The van der Waals surface area contributed by atoms with E-state index in [9.17, 15) is 8.78 Å². The fraction of sp³-hybridized carbons (Fsp3) is 0.647. The summed E-state index contributed by atoms with van der Waals surface area (Å²) < 4.78 is 38.4. The summed E-state index contributed by atoms with van der Waals surface area (Å²) in [6.07, 6.45) is 4.42. The van der Waals surface area contributed by atoms with Gasteiger partial charge in [-0.15, -0.1) is 0 Å². The molecule has 2 fully saturated rings. The van der Waals surface area contributed by atoms with Crippen molar-refractivity contribution in [2.75, 3.05) is 33.4 Å². The third-order valence-electron chi connectivity index (χ3n) is 5.20. The number of hydrogen-bond acceptors (Lipinski definition) is 3. The van der Waals surface area contributed by atoms with Crippen LogP contribution in [0.15, 0.2) is 12.1 Å². The number of hydrogen-bond donors (Lipinski definition) is 0. The first-order valence-corrected chi connectivity index (χ1v) is 7.94. The average Bonchev–Trinajstić information content (AvgIpc) is 2.53. The minimum absolute atomic E-state index is 0.142. The fourth-order valence-corrected chi connectivity index (χ4v) is 3.56. The van der Waals surface area contributed by atoms with E-state index in [-0.39, 0.29) is 11.3 Å². The van der Waals surface area contributed by atoms with Crippen LogP contribution < -0.4 is 4.74 Å². The van der Waals surface area contributed by atoms with Crippen molar-refractivity contribution < 1.29 is 18.3 Å². The lowest BCUT2D eigenvalue weighted by Gasteiger charge is -2.44. The van der Waals surface area contributed by atoms with Crippen LogP contribution in [0.2, 0.25) is 0 Å². The normalized spacial score (nSPS) is 22.0. The molecule has 1 aromatic rings. The molecule has 2 aliphatic heterocycles. The van der Waals surface area contributed by atoms with Crippen LogP contribution in [0.3, 0.4) is 0 Å². The number of halogens is 2. The highest BCUT2D eigenvalue weighted by molar-refractivity contribution is 5.30. The molecule has 22 heavy (non-hydrogen) atoms. The van der Waals surface area contributed by atoms with Crippen molar-refractivity contribution in [2.45, 2.75) is 32.2 Å². The Hall–Kier alpha value is -1.20. The Morgan fingerprint density at radius 2 is 1.68 bits per heavy atom. The van der Waals surface area contributed by atoms with Gasteiger partial charge in [0, 0.05) is 37.5 Å². The summed E-state index contributed by atoms with van der Waals surface area (Å²) in [5, 5.41) is 0. The quantitative estimate of drug-likeness (QED) is 0.854. The summed E-state index contributed by atoms with van der Waals surface area (Å²) in [6.45, 7) is 3.81. The van der Waals surface area contributed by atoms with Crippen LogP contribution in [0.5, 0.6) is 5.75 Å². The summed E-state index contributed by atoms with van der Waals surface area (Å²) in [5.41, 5.74) is 0.537. The third kappa shape index (κ3) is 3.25. The van der Waals surface area contributed by atoms with Crippen LogP contribution in [-0.2, 0) is 11.3 Å². The van der Waals surface area contributed by atoms with Gasteiger partial charge in [0.2, 0.25) is 0 Å². The predicted molar refractivity (Wildman–Crippen MR) is 79.9 cm³/mol. The van der Waals surface area contributed by atoms with Gasteiger partial charge in [-0.3, -0.25) is 4.90 Å². The molecule has 0 N–H and O–H groups in total. The summed E-state index contributed by atoms with van der Waals surface area (Å²) in [4.78, 5) is 2.15. The second-order valence-electron chi connectivity index (χ2n) is 6.46. The topological polar surface area (TPSA) is 21.7 Å². The molecule has 3 nitrogen and oxygen atoms in total. The van der Waals surface area contributed by atoms with Crippen molar-refractivity contribution in [1.82, 2.24) is 4.90 Å². The summed E-state index contributed by atoms with van der Waals surface area (Å²) in [6, 6.07) is 2.50. The molecule has 0 saturated carbocycles. The Morgan fingerprint density at radius 1 is 1.09 bits per heavy atom. The number of rotatable bonds is 3. The molecule has 0 atom stereocenters. The predicted octanol–water partition coefficient (Wildman–Crippen LogP) is 3.37. The van der Waals surface area contributed by atoms with Gasteiger partial charge >= 0.3 is 0 Å². The SMILES string of the molecule is COc1cc(F)c(CN2CCC3(CCOCC3)CC2)c(F)c1. The molecule has 1 aromatic carbocycles. The molecule has 2 heterocycles. The zero-order chi connectivity index (χ0) is 15.6. The minimum atomic E-state index is -0.525. The molecule has 0 unspecified atom stereocenters. The van der Waals surface area contributed by atoms with E-state index < -0.39 is 11.6 Å². The molecule has 0 aliphatic carbocycles. The van der Waals surface area contributed by atoms with E-state index in [0.717, 1.165) is 52.0 Å². The molecule has 0 aromatic heterocycles. The molecule has 0 amide bonds. The zero-order valence-corrected chi connectivity index (χ0v) is 13.0. The number of nitrogens with zero attached hydrogens (tertiary/aromatic N) is 1. The first kappa shape index (κ1) is 15.7. The lowest BCUT2D eigenvalue weighted by Crippen LogP contribution is -2.42. The Morgan fingerprint density at radius 3 is 2.23 bits per heavy atom. The van der Waals surface area contributed by atoms with Crippen LogP contribution in [0.25, 0.3) is 0 Å². The molecule has 2 aliphatic rings. The van der Waals surface area contributed by atoms with Crippen LogP contribution in [0.1, 0.15) is 31.2 Å². The number of benzene rings is 1. The van der Waals surface area contributed by atoms with Crippen molar-refractivity contribution in [1.29, 1.82) is 0 Å². The molecular weight excluding hydrogens is 288 g/mol. The smallest absolute Gasteiger partial charge is 0.134 e. The largest absolute Gasteiger partial charge is 0.497 e. The summed E-state index contributed by atoms with van der Waals surface area (Å²) in [5.74, 6) is -0.829. The Kier molecular flexibility index (Phi) is 4.64. The van der Waals surface area contributed by atoms with Crippen LogP contribution in [-0.4, -0.2) is 38.3 Å². The van der Waals surface area contributed by atoms with Crippen molar-refractivity contribution >= 4 is 0 Å². The number of likely N-dealkylation sites (tertiary alicyclic amines) is 1. The van der Waals surface area contributed by atoms with Gasteiger partial charge in [-0.05, 0) is 44.2 Å². The van der Waals surface area contributed by atoms with Gasteiger partial charge in [-0.2, -0.15) is 0 Å². The molecular formula is C17H23F2NO2. The van der Waals surface area contributed by atoms with E-state index in [1.165, 1.54) is 19.2 Å². The lowest BCUT2D eigenvalue weighted by molar-refractivity contribution is -0.0220. The van der Waals surface area contributed by atoms with E-state index in [4.69, 9.17) is 9.47 Å². The first-order chi connectivity index (χ1) is 10.6.